The van der Waals surface area contributed by atoms with Crippen LogP contribution < -0.4 is 16.4 Å². The Balaban J connectivity index is 1.09. The number of hydrogen-bond donors (Lipinski definition) is 0. The summed E-state index contributed by atoms with van der Waals surface area (Å²) < 4.78 is 7.18. The second-order valence-electron chi connectivity index (χ2n) is 15.6. The number of benzene rings is 9. The minimum atomic E-state index is 0.566. The van der Waals surface area contributed by atoms with Gasteiger partial charge in [0.15, 0.2) is 0 Å². The normalized spacial score (nSPS) is 11.9. The van der Waals surface area contributed by atoms with E-state index in [1.165, 1.54) is 20.2 Å². The maximum absolute atomic E-state index is 7.44. The minimum absolute atomic E-state index is 0.566. The summed E-state index contributed by atoms with van der Waals surface area (Å²) in [6.45, 7) is 0. The molecular weight excluding hydrogens is 741 g/mol. The van der Waals surface area contributed by atoms with E-state index in [9.17, 15) is 0 Å². The fourth-order valence-corrected chi connectivity index (χ4v) is 10.5. The molecule has 60 heavy (non-hydrogen) atoms. The van der Waals surface area contributed by atoms with Gasteiger partial charge in [0.1, 0.15) is 23.5 Å². The number of thiophene rings is 1. The van der Waals surface area contributed by atoms with Gasteiger partial charge in [-0.15, -0.1) is 11.3 Å². The predicted molar refractivity (Wildman–Crippen MR) is 260 cm³/mol. The highest BCUT2D eigenvalue weighted by molar-refractivity contribution is 7.25. The SMILES string of the molecule is [B]c1cc2c(cc1-c1c([B])cc3c(c1[B])c1ccc(-c4ccccc4)cc1n3-c1cccc(-c3ccccc3)c1)c1ccccc1n2-c1ccc2sc3ccccc3c2c1. The molecule has 0 saturated heterocycles. The fraction of sp³-hybridized carbons (Fsp3) is 0. The topological polar surface area (TPSA) is 9.86 Å². The van der Waals surface area contributed by atoms with Crippen molar-refractivity contribution < 1.29 is 0 Å². The third-order valence-corrected chi connectivity index (χ3v) is 13.3. The van der Waals surface area contributed by atoms with Crippen molar-refractivity contribution >= 4 is 115 Å². The molecule has 0 aliphatic rings. The molecular formula is C54H31B3N2S. The van der Waals surface area contributed by atoms with Gasteiger partial charge in [-0.1, -0.05) is 138 Å². The third kappa shape index (κ3) is 5.31. The highest BCUT2D eigenvalue weighted by Crippen LogP contribution is 2.40. The number of nitrogens with zero attached hydrogens (tertiary/aromatic N) is 2. The first kappa shape index (κ1) is 35.0. The lowest BCUT2D eigenvalue weighted by molar-refractivity contribution is 1.18. The van der Waals surface area contributed by atoms with Crippen LogP contribution in [-0.2, 0) is 0 Å². The van der Waals surface area contributed by atoms with Crippen molar-refractivity contribution in [3.8, 4) is 44.8 Å². The van der Waals surface area contributed by atoms with Crippen molar-refractivity contribution in [1.82, 2.24) is 9.13 Å². The highest BCUT2D eigenvalue weighted by atomic mass is 32.1. The summed E-state index contributed by atoms with van der Waals surface area (Å²) in [5.41, 5.74) is 14.1. The summed E-state index contributed by atoms with van der Waals surface area (Å²) in [6, 6.07) is 66.6. The number of aromatic nitrogens is 2. The van der Waals surface area contributed by atoms with Crippen LogP contribution in [0, 0.1) is 0 Å². The third-order valence-electron chi connectivity index (χ3n) is 12.2. The van der Waals surface area contributed by atoms with Gasteiger partial charge in [-0.3, -0.25) is 0 Å². The molecule has 0 bridgehead atoms. The van der Waals surface area contributed by atoms with E-state index in [0.29, 0.717) is 16.4 Å². The summed E-state index contributed by atoms with van der Waals surface area (Å²) in [7, 11) is 21.8. The zero-order valence-electron chi connectivity index (χ0n) is 32.4. The molecule has 0 aliphatic heterocycles. The summed E-state index contributed by atoms with van der Waals surface area (Å²) in [6.07, 6.45) is 0. The summed E-state index contributed by atoms with van der Waals surface area (Å²) in [5.74, 6) is 0. The largest absolute Gasteiger partial charge is 0.309 e. The van der Waals surface area contributed by atoms with Crippen LogP contribution in [0.25, 0.3) is 109 Å². The van der Waals surface area contributed by atoms with Crippen LogP contribution in [0.2, 0.25) is 0 Å². The molecule has 9 aromatic carbocycles. The molecule has 0 fully saturated rings. The van der Waals surface area contributed by atoms with Crippen molar-refractivity contribution in [2.75, 3.05) is 0 Å². The first-order chi connectivity index (χ1) is 29.5. The Hall–Kier alpha value is -7.01. The molecule has 6 heteroatoms. The first-order valence-corrected chi connectivity index (χ1v) is 20.9. The van der Waals surface area contributed by atoms with Gasteiger partial charge >= 0.3 is 0 Å². The van der Waals surface area contributed by atoms with Crippen LogP contribution in [0.4, 0.5) is 0 Å². The van der Waals surface area contributed by atoms with Gasteiger partial charge in [0.05, 0.1) is 22.1 Å². The second kappa shape index (κ2) is 13.5. The molecule has 0 unspecified atom stereocenters. The standard InChI is InChI=1S/C54H31B3N2S/c55-44-30-48-41(38-18-7-9-20-46(38)58(48)37-23-25-51-42(28-37)39-19-8-10-21-50(39)60-51)29-43(44)52-45(56)31-49-53(54(52)57)40-24-22-35(33-14-5-2-6-15-33)27-47(40)59(49)36-17-11-16-34(26-36)32-12-3-1-4-13-32/h1-31H. The second-order valence-corrected chi connectivity index (χ2v) is 16.7. The van der Waals surface area contributed by atoms with E-state index < -0.39 is 0 Å². The lowest BCUT2D eigenvalue weighted by atomic mass is 9.72. The molecule has 12 aromatic rings. The summed E-state index contributed by atoms with van der Waals surface area (Å²) in [4.78, 5) is 0. The molecule has 0 amide bonds. The van der Waals surface area contributed by atoms with Crippen LogP contribution in [0.1, 0.15) is 0 Å². The van der Waals surface area contributed by atoms with Crippen LogP contribution in [0.5, 0.6) is 0 Å². The molecule has 272 valence electrons. The molecule has 0 N–H and O–H groups in total. The Morgan fingerprint density at radius 2 is 0.967 bits per heavy atom. The quantitative estimate of drug-likeness (QED) is 0.154. The summed E-state index contributed by atoms with van der Waals surface area (Å²) in [5, 5.41) is 6.71. The van der Waals surface area contributed by atoms with E-state index in [4.69, 9.17) is 23.5 Å². The number of hydrogen-bond acceptors (Lipinski definition) is 1. The van der Waals surface area contributed by atoms with Gasteiger partial charge in [0.25, 0.3) is 0 Å². The van der Waals surface area contributed by atoms with Crippen LogP contribution in [0.15, 0.2) is 188 Å². The van der Waals surface area contributed by atoms with Gasteiger partial charge in [0, 0.05) is 53.1 Å². The Bertz CT molecular complexity index is 3690. The smallest absolute Gasteiger partial charge is 0.115 e. The van der Waals surface area contributed by atoms with Gasteiger partial charge < -0.3 is 9.13 Å². The number of fused-ring (bicyclic) bond motifs is 9. The monoisotopic (exact) mass is 772 g/mol. The van der Waals surface area contributed by atoms with Crippen LogP contribution in [-0.4, -0.2) is 32.7 Å². The van der Waals surface area contributed by atoms with Gasteiger partial charge in [0.2, 0.25) is 0 Å². The van der Waals surface area contributed by atoms with Gasteiger partial charge in [-0.2, -0.15) is 0 Å². The van der Waals surface area contributed by atoms with Crippen molar-refractivity contribution in [2.45, 2.75) is 0 Å². The van der Waals surface area contributed by atoms with Gasteiger partial charge in [-0.25, -0.2) is 0 Å². The Labute approximate surface area is 355 Å². The van der Waals surface area contributed by atoms with E-state index in [-0.39, 0.29) is 0 Å². The zero-order valence-corrected chi connectivity index (χ0v) is 33.2. The molecule has 0 aliphatic carbocycles. The Morgan fingerprint density at radius 1 is 0.350 bits per heavy atom. The fourth-order valence-electron chi connectivity index (χ4n) is 9.45. The van der Waals surface area contributed by atoms with Crippen molar-refractivity contribution in [3.05, 3.63) is 188 Å². The average Bonchev–Trinajstić information content (AvgIpc) is 3.93. The molecule has 2 nitrogen and oxygen atoms in total. The van der Waals surface area contributed by atoms with Crippen molar-refractivity contribution in [1.29, 1.82) is 0 Å². The average molecular weight is 772 g/mol. The molecule has 0 atom stereocenters. The molecule has 0 saturated carbocycles. The van der Waals surface area contributed by atoms with Crippen molar-refractivity contribution in [2.24, 2.45) is 0 Å². The number of para-hydroxylation sites is 1. The van der Waals surface area contributed by atoms with E-state index in [0.717, 1.165) is 88.4 Å². The van der Waals surface area contributed by atoms with E-state index in [1.54, 1.807) is 0 Å². The highest BCUT2D eigenvalue weighted by Gasteiger charge is 2.22. The lowest BCUT2D eigenvalue weighted by Crippen LogP contribution is -2.24. The van der Waals surface area contributed by atoms with E-state index >= 15 is 0 Å². The molecule has 12 rings (SSSR count). The van der Waals surface area contributed by atoms with E-state index in [2.05, 4.69) is 185 Å². The number of rotatable bonds is 5. The first-order valence-electron chi connectivity index (χ1n) is 20.1. The zero-order chi connectivity index (χ0) is 40.1. The molecule has 3 aromatic heterocycles. The van der Waals surface area contributed by atoms with Gasteiger partial charge in [-0.05, 0) is 100 Å². The predicted octanol–water partition coefficient (Wildman–Crippen LogP) is 11.6. The van der Waals surface area contributed by atoms with Crippen LogP contribution in [0.3, 0.4) is 0 Å². The van der Waals surface area contributed by atoms with Crippen molar-refractivity contribution in [3.63, 3.8) is 0 Å². The molecule has 6 radical (unpaired) electrons. The minimum Gasteiger partial charge on any atom is -0.309 e. The Kier molecular flexibility index (Phi) is 7.88. The summed E-state index contributed by atoms with van der Waals surface area (Å²) >= 11 is 1.83. The molecule has 3 heterocycles. The maximum atomic E-state index is 7.44. The van der Waals surface area contributed by atoms with Crippen LogP contribution >= 0.6 is 11.3 Å². The maximum Gasteiger partial charge on any atom is 0.115 e. The lowest BCUT2D eigenvalue weighted by Gasteiger charge is -2.18. The molecule has 0 spiro atoms. The van der Waals surface area contributed by atoms with E-state index in [1.807, 2.05) is 23.5 Å². The Morgan fingerprint density at radius 3 is 1.77 bits per heavy atom.